The fraction of sp³-hybridized carbons (Fsp3) is 0. The average Bonchev–Trinajstić information content (AvgIpc) is 3.61. The summed E-state index contributed by atoms with van der Waals surface area (Å²) in [5.41, 5.74) is 7.40. The van der Waals surface area contributed by atoms with Gasteiger partial charge in [0.2, 0.25) is 0 Å². The lowest BCUT2D eigenvalue weighted by molar-refractivity contribution is 1.08. The van der Waals surface area contributed by atoms with E-state index < -0.39 is 0 Å². The molecule has 0 unspecified atom stereocenters. The summed E-state index contributed by atoms with van der Waals surface area (Å²) in [5.74, 6) is 1.57. The second kappa shape index (κ2) is 9.03. The number of nitrogens with zero attached hydrogens (tertiary/aromatic N) is 5. The molecule has 0 N–H and O–H groups in total. The van der Waals surface area contributed by atoms with Crippen molar-refractivity contribution in [3.8, 4) is 34.2 Å². The molecule has 188 valence electrons. The molecule has 5 nitrogen and oxygen atoms in total. The lowest BCUT2D eigenvalue weighted by Crippen LogP contribution is -2.02. The number of para-hydroxylation sites is 2. The first-order valence-corrected chi connectivity index (χ1v) is 13.3. The summed E-state index contributed by atoms with van der Waals surface area (Å²) < 4.78 is 4.47. The molecular weight excluding hydrogens is 490 g/mol. The molecule has 40 heavy (non-hydrogen) atoms. The smallest absolute Gasteiger partial charge is 0.168 e. The number of hydrogen-bond acceptors (Lipinski definition) is 3. The highest BCUT2D eigenvalue weighted by atomic mass is 15.3. The number of aromatic nitrogens is 5. The number of benzene rings is 5. The van der Waals surface area contributed by atoms with E-state index in [2.05, 4.69) is 116 Å². The van der Waals surface area contributed by atoms with Gasteiger partial charge in [0.25, 0.3) is 0 Å². The SMILES string of the molecule is c1ccc(-c2nnc(-c3ccc(-n4c5ccccc5c5ccccc54)cc3)n2-c2cccc3ncccc23)cc1. The first-order chi connectivity index (χ1) is 19.9. The van der Waals surface area contributed by atoms with Crippen LogP contribution in [0.4, 0.5) is 0 Å². The highest BCUT2D eigenvalue weighted by Crippen LogP contribution is 2.34. The maximum atomic E-state index is 4.72. The van der Waals surface area contributed by atoms with Gasteiger partial charge in [0.05, 0.1) is 22.2 Å². The standard InChI is InChI=1S/C35H23N5/c1-2-10-24(11-3-1)34-37-38-35(40(34)33-18-8-15-30-29(33)14-9-23-36-30)25-19-21-26(22-20-25)39-31-16-6-4-12-27(31)28-13-5-7-17-32(28)39/h1-23H. The van der Waals surface area contributed by atoms with Crippen molar-refractivity contribution in [2.45, 2.75) is 0 Å². The molecule has 8 rings (SSSR count). The molecule has 0 atom stereocenters. The van der Waals surface area contributed by atoms with Gasteiger partial charge in [-0.05, 0) is 60.7 Å². The van der Waals surface area contributed by atoms with Crippen LogP contribution in [0, 0.1) is 0 Å². The Hall–Kier alpha value is -5.55. The Morgan fingerprint density at radius 2 is 1.02 bits per heavy atom. The van der Waals surface area contributed by atoms with E-state index in [0.29, 0.717) is 0 Å². The van der Waals surface area contributed by atoms with Gasteiger partial charge in [-0.25, -0.2) is 0 Å². The number of rotatable bonds is 4. The third-order valence-corrected chi connectivity index (χ3v) is 7.52. The topological polar surface area (TPSA) is 48.5 Å². The van der Waals surface area contributed by atoms with Crippen LogP contribution in [0.15, 0.2) is 140 Å². The van der Waals surface area contributed by atoms with E-state index in [1.54, 1.807) is 0 Å². The zero-order valence-electron chi connectivity index (χ0n) is 21.5. The van der Waals surface area contributed by atoms with Crippen molar-refractivity contribution in [3.63, 3.8) is 0 Å². The highest BCUT2D eigenvalue weighted by Gasteiger charge is 2.19. The van der Waals surface area contributed by atoms with Gasteiger partial charge >= 0.3 is 0 Å². The summed E-state index contributed by atoms with van der Waals surface area (Å²) in [6, 6.07) is 46.2. The van der Waals surface area contributed by atoms with Crippen LogP contribution in [0.2, 0.25) is 0 Å². The second-order valence-electron chi connectivity index (χ2n) is 9.81. The largest absolute Gasteiger partial charge is 0.309 e. The van der Waals surface area contributed by atoms with Crippen molar-refractivity contribution >= 4 is 32.7 Å². The van der Waals surface area contributed by atoms with E-state index in [9.17, 15) is 0 Å². The fourth-order valence-corrected chi connectivity index (χ4v) is 5.72. The van der Waals surface area contributed by atoms with Crippen LogP contribution in [0.1, 0.15) is 0 Å². The molecule has 5 aromatic carbocycles. The summed E-state index contributed by atoms with van der Waals surface area (Å²) >= 11 is 0. The third-order valence-electron chi connectivity index (χ3n) is 7.52. The van der Waals surface area contributed by atoms with Gasteiger partial charge in [-0.1, -0.05) is 72.8 Å². The summed E-state index contributed by atoms with van der Waals surface area (Å²) in [6.07, 6.45) is 1.82. The van der Waals surface area contributed by atoms with Crippen molar-refractivity contribution in [1.82, 2.24) is 24.3 Å². The van der Waals surface area contributed by atoms with Crippen LogP contribution in [-0.4, -0.2) is 24.3 Å². The van der Waals surface area contributed by atoms with Gasteiger partial charge in [-0.3, -0.25) is 9.55 Å². The summed E-state index contributed by atoms with van der Waals surface area (Å²) in [4.78, 5) is 4.59. The molecule has 0 bridgehead atoms. The Bertz CT molecular complexity index is 2100. The van der Waals surface area contributed by atoms with Crippen molar-refractivity contribution in [3.05, 3.63) is 140 Å². The third kappa shape index (κ3) is 3.45. The lowest BCUT2D eigenvalue weighted by atomic mass is 10.1. The number of fused-ring (bicyclic) bond motifs is 4. The van der Waals surface area contributed by atoms with Crippen LogP contribution in [0.25, 0.3) is 66.9 Å². The van der Waals surface area contributed by atoms with Crippen LogP contribution in [-0.2, 0) is 0 Å². The van der Waals surface area contributed by atoms with Gasteiger partial charge < -0.3 is 4.57 Å². The molecule has 0 spiro atoms. The van der Waals surface area contributed by atoms with E-state index in [-0.39, 0.29) is 0 Å². The zero-order valence-corrected chi connectivity index (χ0v) is 21.5. The predicted molar refractivity (Wildman–Crippen MR) is 162 cm³/mol. The number of hydrogen-bond donors (Lipinski definition) is 0. The first kappa shape index (κ1) is 22.4. The number of pyridine rings is 1. The summed E-state index contributed by atoms with van der Waals surface area (Å²) in [7, 11) is 0. The molecule has 5 heteroatoms. The molecule has 0 fully saturated rings. The van der Waals surface area contributed by atoms with Crippen LogP contribution in [0.3, 0.4) is 0 Å². The minimum atomic E-state index is 0.781. The van der Waals surface area contributed by atoms with E-state index in [4.69, 9.17) is 5.10 Å². The van der Waals surface area contributed by atoms with Gasteiger partial charge in [0.1, 0.15) is 0 Å². The predicted octanol–water partition coefficient (Wildman–Crippen LogP) is 8.25. The molecule has 3 aromatic heterocycles. The molecule has 8 aromatic rings. The van der Waals surface area contributed by atoms with Gasteiger partial charge in [0.15, 0.2) is 11.6 Å². The molecule has 0 aliphatic heterocycles. The van der Waals surface area contributed by atoms with E-state index >= 15 is 0 Å². The van der Waals surface area contributed by atoms with E-state index in [0.717, 1.165) is 45.1 Å². The molecule has 0 saturated carbocycles. The van der Waals surface area contributed by atoms with E-state index in [1.807, 2.05) is 42.6 Å². The van der Waals surface area contributed by atoms with E-state index in [1.165, 1.54) is 21.8 Å². The Balaban J connectivity index is 1.32. The van der Waals surface area contributed by atoms with Crippen molar-refractivity contribution < 1.29 is 0 Å². The van der Waals surface area contributed by atoms with Gasteiger partial charge in [-0.15, -0.1) is 10.2 Å². The quantitative estimate of drug-likeness (QED) is 0.238. The zero-order chi connectivity index (χ0) is 26.5. The summed E-state index contributed by atoms with van der Waals surface area (Å²) in [6.45, 7) is 0. The Morgan fingerprint density at radius 3 is 1.73 bits per heavy atom. The normalized spacial score (nSPS) is 11.5. The molecule has 3 heterocycles. The monoisotopic (exact) mass is 513 g/mol. The maximum Gasteiger partial charge on any atom is 0.168 e. The molecule has 0 aliphatic rings. The Labute approximate surface area is 230 Å². The molecule has 0 amide bonds. The average molecular weight is 514 g/mol. The molecular formula is C35H23N5. The van der Waals surface area contributed by atoms with Gasteiger partial charge in [0, 0.05) is 39.2 Å². The highest BCUT2D eigenvalue weighted by molar-refractivity contribution is 6.09. The fourth-order valence-electron chi connectivity index (χ4n) is 5.72. The lowest BCUT2D eigenvalue weighted by Gasteiger charge is -2.14. The van der Waals surface area contributed by atoms with Crippen molar-refractivity contribution in [1.29, 1.82) is 0 Å². The molecule has 0 saturated heterocycles. The van der Waals surface area contributed by atoms with Crippen LogP contribution >= 0.6 is 0 Å². The minimum Gasteiger partial charge on any atom is -0.309 e. The van der Waals surface area contributed by atoms with Crippen LogP contribution in [0.5, 0.6) is 0 Å². The minimum absolute atomic E-state index is 0.781. The maximum absolute atomic E-state index is 4.72. The van der Waals surface area contributed by atoms with Gasteiger partial charge in [-0.2, -0.15) is 0 Å². The molecule has 0 aliphatic carbocycles. The van der Waals surface area contributed by atoms with Crippen molar-refractivity contribution in [2.75, 3.05) is 0 Å². The summed E-state index contributed by atoms with van der Waals surface area (Å²) in [5, 5.41) is 13.0. The molecule has 0 radical (unpaired) electrons. The second-order valence-corrected chi connectivity index (χ2v) is 9.81. The van der Waals surface area contributed by atoms with Crippen LogP contribution < -0.4 is 0 Å². The first-order valence-electron chi connectivity index (χ1n) is 13.3. The Kier molecular flexibility index (Phi) is 5.07. The van der Waals surface area contributed by atoms with Crippen molar-refractivity contribution in [2.24, 2.45) is 0 Å². The Morgan fingerprint density at radius 1 is 0.425 bits per heavy atom.